The van der Waals surface area contributed by atoms with Gasteiger partial charge in [0.25, 0.3) is 0 Å². The Morgan fingerprint density at radius 1 is 1.13 bits per heavy atom. The van der Waals surface area contributed by atoms with Crippen LogP contribution in [0.4, 0.5) is 0 Å². The average molecular weight is 206 g/mol. The van der Waals surface area contributed by atoms with Gasteiger partial charge in [0.05, 0.1) is 0 Å². The molecule has 15 heavy (non-hydrogen) atoms. The van der Waals surface area contributed by atoms with Crippen molar-refractivity contribution < 1.29 is 0 Å². The fourth-order valence-electron chi connectivity index (χ4n) is 1.49. The molecule has 1 aromatic rings. The molecule has 1 aromatic carbocycles. The van der Waals surface area contributed by atoms with Gasteiger partial charge in [0.1, 0.15) is 0 Å². The van der Waals surface area contributed by atoms with Gasteiger partial charge < -0.3 is 10.2 Å². The molecule has 0 radical (unpaired) electrons. The molecule has 1 aliphatic heterocycles. The quantitative estimate of drug-likeness (QED) is 0.753. The molecular weight excluding hydrogens is 184 g/mol. The summed E-state index contributed by atoms with van der Waals surface area (Å²) < 4.78 is 0. The van der Waals surface area contributed by atoms with Crippen LogP contribution in [0.2, 0.25) is 0 Å². The Kier molecular flexibility index (Phi) is 6.05. The zero-order valence-corrected chi connectivity index (χ0v) is 9.87. The summed E-state index contributed by atoms with van der Waals surface area (Å²) in [5.41, 5.74) is 1.41. The molecule has 1 fully saturated rings. The van der Waals surface area contributed by atoms with E-state index >= 15 is 0 Å². The van der Waals surface area contributed by atoms with Crippen LogP contribution in [0.3, 0.4) is 0 Å². The first-order chi connectivity index (χ1) is 7.33. The van der Waals surface area contributed by atoms with Gasteiger partial charge in [0, 0.05) is 26.2 Å². The van der Waals surface area contributed by atoms with Crippen molar-refractivity contribution in [1.29, 1.82) is 0 Å². The summed E-state index contributed by atoms with van der Waals surface area (Å²) in [4.78, 5) is 2.33. The van der Waals surface area contributed by atoms with Crippen molar-refractivity contribution in [3.63, 3.8) is 0 Å². The maximum Gasteiger partial charge on any atom is 0.0104 e. The number of hydrogen-bond donors (Lipinski definition) is 1. The predicted molar refractivity (Wildman–Crippen MR) is 66.2 cm³/mol. The van der Waals surface area contributed by atoms with Gasteiger partial charge in [-0.1, -0.05) is 37.3 Å². The number of piperazine rings is 1. The van der Waals surface area contributed by atoms with E-state index in [2.05, 4.69) is 48.5 Å². The number of nitrogens with zero attached hydrogens (tertiary/aromatic N) is 1. The number of rotatable bonds is 1. The van der Waals surface area contributed by atoms with Gasteiger partial charge in [0.15, 0.2) is 0 Å². The van der Waals surface area contributed by atoms with E-state index in [1.165, 1.54) is 18.7 Å². The number of aryl methyl sites for hydroxylation is 1. The first-order valence-corrected chi connectivity index (χ1v) is 5.76. The molecule has 84 valence electrons. The fraction of sp³-hybridized carbons (Fsp3) is 0.538. The Morgan fingerprint density at radius 2 is 1.73 bits per heavy atom. The first-order valence-electron chi connectivity index (χ1n) is 5.76. The average Bonchev–Trinajstić information content (AvgIpc) is 2.32. The predicted octanol–water partition coefficient (Wildman–Crippen LogP) is 1.77. The second kappa shape index (κ2) is 7.43. The molecule has 0 atom stereocenters. The zero-order chi connectivity index (χ0) is 10.9. The Hall–Kier alpha value is -0.860. The summed E-state index contributed by atoms with van der Waals surface area (Å²) in [6.45, 7) is 6.91. The van der Waals surface area contributed by atoms with Crippen LogP contribution >= 0.6 is 0 Å². The van der Waals surface area contributed by atoms with E-state index in [4.69, 9.17) is 0 Å². The van der Waals surface area contributed by atoms with Crippen molar-refractivity contribution in [1.82, 2.24) is 10.2 Å². The van der Waals surface area contributed by atoms with E-state index < -0.39 is 0 Å². The van der Waals surface area contributed by atoms with Gasteiger partial charge >= 0.3 is 0 Å². The highest BCUT2D eigenvalue weighted by Crippen LogP contribution is 1.96. The maximum atomic E-state index is 3.27. The van der Waals surface area contributed by atoms with E-state index in [1.807, 2.05) is 6.07 Å². The molecule has 2 rings (SSSR count). The highest BCUT2D eigenvalue weighted by Gasteiger charge is 2.01. The molecule has 1 saturated heterocycles. The van der Waals surface area contributed by atoms with Gasteiger partial charge in [-0.3, -0.25) is 0 Å². The lowest BCUT2D eigenvalue weighted by atomic mass is 10.2. The highest BCUT2D eigenvalue weighted by atomic mass is 15.2. The molecule has 0 aromatic heterocycles. The normalized spacial score (nSPS) is 16.7. The lowest BCUT2D eigenvalue weighted by Crippen LogP contribution is -2.40. The van der Waals surface area contributed by atoms with Crippen LogP contribution in [0.25, 0.3) is 0 Å². The summed E-state index contributed by atoms with van der Waals surface area (Å²) in [6, 6.07) is 10.5. The molecule has 1 heterocycles. The van der Waals surface area contributed by atoms with E-state index in [-0.39, 0.29) is 0 Å². The standard InChI is InChI=1S/C8H10.C5H12N2/c1-2-8-6-4-3-5-7-8;1-7-4-2-6-3-5-7/h3-7H,2H2,1H3;6H,2-5H2,1H3. The molecule has 0 bridgehead atoms. The molecule has 0 amide bonds. The van der Waals surface area contributed by atoms with E-state index in [9.17, 15) is 0 Å². The van der Waals surface area contributed by atoms with Gasteiger partial charge in [-0.25, -0.2) is 0 Å². The molecule has 0 spiro atoms. The van der Waals surface area contributed by atoms with Crippen molar-refractivity contribution in [3.8, 4) is 0 Å². The minimum Gasteiger partial charge on any atom is -0.314 e. The first kappa shape index (κ1) is 12.2. The third-order valence-electron chi connectivity index (χ3n) is 2.59. The Bertz CT molecular complexity index is 240. The summed E-state index contributed by atoms with van der Waals surface area (Å²) in [5.74, 6) is 0. The van der Waals surface area contributed by atoms with Crippen LogP contribution in [0.15, 0.2) is 30.3 Å². The Balaban J connectivity index is 0.000000151. The molecule has 0 saturated carbocycles. The Morgan fingerprint density at radius 3 is 2.07 bits per heavy atom. The van der Waals surface area contributed by atoms with E-state index in [0.29, 0.717) is 0 Å². The second-order valence-corrected chi connectivity index (χ2v) is 3.89. The number of benzene rings is 1. The molecule has 1 N–H and O–H groups in total. The summed E-state index contributed by atoms with van der Waals surface area (Å²) in [5, 5.41) is 3.27. The summed E-state index contributed by atoms with van der Waals surface area (Å²) >= 11 is 0. The lowest BCUT2D eigenvalue weighted by Gasteiger charge is -2.21. The molecule has 2 heteroatoms. The SMILES string of the molecule is CCc1ccccc1.CN1CCNCC1. The van der Waals surface area contributed by atoms with Gasteiger partial charge in [-0.05, 0) is 19.0 Å². The Labute approximate surface area is 93.3 Å². The van der Waals surface area contributed by atoms with Crippen LogP contribution in [0.5, 0.6) is 0 Å². The third-order valence-corrected chi connectivity index (χ3v) is 2.59. The molecular formula is C13H22N2. The van der Waals surface area contributed by atoms with Crippen molar-refractivity contribution in [2.45, 2.75) is 13.3 Å². The van der Waals surface area contributed by atoms with Crippen molar-refractivity contribution >= 4 is 0 Å². The minimum atomic E-state index is 1.14. The van der Waals surface area contributed by atoms with Gasteiger partial charge in [-0.15, -0.1) is 0 Å². The topological polar surface area (TPSA) is 15.3 Å². The maximum absolute atomic E-state index is 3.27. The van der Waals surface area contributed by atoms with E-state index in [0.717, 1.165) is 19.5 Å². The smallest absolute Gasteiger partial charge is 0.0104 e. The van der Waals surface area contributed by atoms with Crippen molar-refractivity contribution in [2.24, 2.45) is 0 Å². The minimum absolute atomic E-state index is 1.14. The number of nitrogens with one attached hydrogen (secondary N) is 1. The molecule has 0 unspecified atom stereocenters. The molecule has 0 aliphatic carbocycles. The van der Waals surface area contributed by atoms with Crippen molar-refractivity contribution in [3.05, 3.63) is 35.9 Å². The van der Waals surface area contributed by atoms with Crippen molar-refractivity contribution in [2.75, 3.05) is 33.2 Å². The lowest BCUT2D eigenvalue weighted by molar-refractivity contribution is 0.291. The monoisotopic (exact) mass is 206 g/mol. The van der Waals surface area contributed by atoms with Crippen LogP contribution < -0.4 is 5.32 Å². The second-order valence-electron chi connectivity index (χ2n) is 3.89. The van der Waals surface area contributed by atoms with Gasteiger partial charge in [0.2, 0.25) is 0 Å². The zero-order valence-electron chi connectivity index (χ0n) is 9.87. The number of hydrogen-bond acceptors (Lipinski definition) is 2. The molecule has 2 nitrogen and oxygen atoms in total. The summed E-state index contributed by atoms with van der Waals surface area (Å²) in [7, 11) is 2.15. The van der Waals surface area contributed by atoms with E-state index in [1.54, 1.807) is 0 Å². The van der Waals surface area contributed by atoms with Crippen LogP contribution in [0.1, 0.15) is 12.5 Å². The van der Waals surface area contributed by atoms with Crippen LogP contribution in [-0.2, 0) is 6.42 Å². The fourth-order valence-corrected chi connectivity index (χ4v) is 1.49. The third kappa shape index (κ3) is 5.55. The summed E-state index contributed by atoms with van der Waals surface area (Å²) in [6.07, 6.45) is 1.14. The highest BCUT2D eigenvalue weighted by molar-refractivity contribution is 5.13. The molecule has 1 aliphatic rings. The van der Waals surface area contributed by atoms with Crippen LogP contribution in [-0.4, -0.2) is 38.1 Å². The number of likely N-dealkylation sites (N-methyl/N-ethyl adjacent to an activating group) is 1. The largest absolute Gasteiger partial charge is 0.314 e. The van der Waals surface area contributed by atoms with Crippen LogP contribution in [0, 0.1) is 0 Å². The van der Waals surface area contributed by atoms with Gasteiger partial charge in [-0.2, -0.15) is 0 Å².